The van der Waals surface area contributed by atoms with Crippen LogP contribution in [-0.2, 0) is 9.59 Å². The predicted octanol–water partition coefficient (Wildman–Crippen LogP) is 3.96. The Hall–Kier alpha value is -4.06. The number of hydrogen-bond acceptors (Lipinski definition) is 6. The van der Waals surface area contributed by atoms with E-state index >= 15 is 0 Å². The summed E-state index contributed by atoms with van der Waals surface area (Å²) in [5, 5.41) is 20.1. The lowest BCUT2D eigenvalue weighted by Crippen LogP contribution is -2.11. The molecular formula is C25H20O6. The normalized spacial score (nSPS) is 13.1. The molecule has 0 fully saturated rings. The van der Waals surface area contributed by atoms with Crippen LogP contribution in [0.3, 0.4) is 0 Å². The molecule has 156 valence electrons. The lowest BCUT2D eigenvalue weighted by molar-refractivity contribution is -0.118. The maximum absolute atomic E-state index is 12.1. The van der Waals surface area contributed by atoms with Crippen LogP contribution in [0.2, 0.25) is 0 Å². The number of carbonyl (C=O) groups is 4. The zero-order valence-electron chi connectivity index (χ0n) is 17.2. The van der Waals surface area contributed by atoms with E-state index in [1.165, 1.54) is 57.2 Å². The van der Waals surface area contributed by atoms with Gasteiger partial charge in [0.25, 0.3) is 0 Å². The van der Waals surface area contributed by atoms with Gasteiger partial charge in [0.05, 0.1) is 16.7 Å². The van der Waals surface area contributed by atoms with Crippen molar-refractivity contribution in [1.82, 2.24) is 0 Å². The number of aromatic hydroxyl groups is 2. The molecule has 2 N–H and O–H groups in total. The molecule has 0 bridgehead atoms. The van der Waals surface area contributed by atoms with Gasteiger partial charge in [-0.3, -0.25) is 19.2 Å². The second-order valence-electron chi connectivity index (χ2n) is 7.22. The van der Waals surface area contributed by atoms with Crippen molar-refractivity contribution in [1.29, 1.82) is 0 Å². The summed E-state index contributed by atoms with van der Waals surface area (Å²) in [6, 6.07) is 8.96. The Morgan fingerprint density at radius 1 is 0.710 bits per heavy atom. The lowest BCUT2D eigenvalue weighted by Gasteiger charge is -2.17. The van der Waals surface area contributed by atoms with E-state index in [9.17, 15) is 29.4 Å². The number of phenols is 2. The molecule has 0 atom stereocenters. The number of allylic oxidation sites excluding steroid dienone is 5. The molecule has 0 aliphatic heterocycles. The second kappa shape index (κ2) is 8.36. The molecule has 0 amide bonds. The van der Waals surface area contributed by atoms with E-state index in [1.54, 1.807) is 18.2 Å². The highest BCUT2D eigenvalue weighted by Gasteiger charge is 2.21. The first-order valence-electron chi connectivity index (χ1n) is 9.48. The van der Waals surface area contributed by atoms with Gasteiger partial charge < -0.3 is 10.2 Å². The van der Waals surface area contributed by atoms with Crippen LogP contribution in [0, 0.1) is 0 Å². The Balaban J connectivity index is 2.38. The van der Waals surface area contributed by atoms with E-state index in [1.807, 2.05) is 0 Å². The van der Waals surface area contributed by atoms with Crippen molar-refractivity contribution in [2.45, 2.75) is 20.8 Å². The molecule has 0 unspecified atom stereocenters. The van der Waals surface area contributed by atoms with Crippen molar-refractivity contribution in [3.05, 3.63) is 88.0 Å². The molecule has 1 aliphatic rings. The first kappa shape index (κ1) is 21.6. The summed E-state index contributed by atoms with van der Waals surface area (Å²) in [6.07, 6.45) is 4.29. The predicted molar refractivity (Wildman–Crippen MR) is 115 cm³/mol. The highest BCUT2D eigenvalue weighted by atomic mass is 16.3. The molecule has 2 aromatic rings. The molecule has 0 saturated carbocycles. The van der Waals surface area contributed by atoms with Gasteiger partial charge in [-0.1, -0.05) is 18.2 Å². The van der Waals surface area contributed by atoms with Gasteiger partial charge in [0.2, 0.25) is 0 Å². The molecule has 6 heteroatoms. The van der Waals surface area contributed by atoms with E-state index in [2.05, 4.69) is 0 Å². The SMILES string of the molecule is CC(=O)C1=CC(=C(c2ccc(O)c(C(C)=O)c2)c2ccc(O)c(C(C)=O)c2)C=CC1=O. The van der Waals surface area contributed by atoms with Crippen LogP contribution < -0.4 is 0 Å². The fourth-order valence-corrected chi connectivity index (χ4v) is 3.41. The average molecular weight is 416 g/mol. The maximum atomic E-state index is 12.1. The van der Waals surface area contributed by atoms with Crippen LogP contribution in [0.25, 0.3) is 5.57 Å². The van der Waals surface area contributed by atoms with Gasteiger partial charge in [-0.2, -0.15) is 0 Å². The fourth-order valence-electron chi connectivity index (χ4n) is 3.41. The van der Waals surface area contributed by atoms with Gasteiger partial charge in [-0.15, -0.1) is 0 Å². The third-order valence-electron chi connectivity index (χ3n) is 4.98. The van der Waals surface area contributed by atoms with Crippen molar-refractivity contribution in [2.75, 3.05) is 0 Å². The highest BCUT2D eigenvalue weighted by molar-refractivity contribution is 6.25. The van der Waals surface area contributed by atoms with E-state index in [4.69, 9.17) is 0 Å². The Kier molecular flexibility index (Phi) is 5.83. The standard InChI is InChI=1S/C25H20O6/c1-13(26)19-10-16(4-7-22(19)29)25(17-5-8-23(30)20(11-17)14(2)27)18-6-9-24(31)21(12-18)15(3)28/h4-12,29-30H,1-3H3. The Labute approximate surface area is 178 Å². The van der Waals surface area contributed by atoms with Gasteiger partial charge in [0, 0.05) is 0 Å². The molecule has 0 spiro atoms. The van der Waals surface area contributed by atoms with Crippen molar-refractivity contribution in [3.63, 3.8) is 0 Å². The molecule has 0 heterocycles. The molecule has 31 heavy (non-hydrogen) atoms. The summed E-state index contributed by atoms with van der Waals surface area (Å²) in [6.45, 7) is 3.95. The fraction of sp³-hybridized carbons (Fsp3) is 0.120. The largest absolute Gasteiger partial charge is 0.507 e. The number of Topliss-reactive ketones (excluding diaryl/α,β-unsaturated/α-hetero) is 3. The van der Waals surface area contributed by atoms with Crippen LogP contribution in [0.15, 0.2) is 65.8 Å². The summed E-state index contributed by atoms with van der Waals surface area (Å²) in [7, 11) is 0. The minimum atomic E-state index is -0.416. The molecule has 6 nitrogen and oxygen atoms in total. The number of hydrogen-bond donors (Lipinski definition) is 2. The highest BCUT2D eigenvalue weighted by Crippen LogP contribution is 2.35. The van der Waals surface area contributed by atoms with Gasteiger partial charge in [-0.25, -0.2) is 0 Å². The number of benzene rings is 2. The van der Waals surface area contributed by atoms with Crippen LogP contribution in [0.4, 0.5) is 0 Å². The third-order valence-corrected chi connectivity index (χ3v) is 4.98. The third kappa shape index (κ3) is 4.28. The molecule has 0 radical (unpaired) electrons. The smallest absolute Gasteiger partial charge is 0.189 e. The second-order valence-corrected chi connectivity index (χ2v) is 7.22. The zero-order valence-corrected chi connectivity index (χ0v) is 17.2. The van der Waals surface area contributed by atoms with Crippen molar-refractivity contribution >= 4 is 28.7 Å². The summed E-state index contributed by atoms with van der Waals surface area (Å²) in [5.74, 6) is -1.84. The van der Waals surface area contributed by atoms with Crippen LogP contribution >= 0.6 is 0 Å². The minimum absolute atomic E-state index is 0.00568. The molecule has 2 aromatic carbocycles. The Bertz CT molecular complexity index is 1180. The average Bonchev–Trinajstić information content (AvgIpc) is 2.71. The number of phenolic OH excluding ortho intramolecular Hbond substituents is 2. The Morgan fingerprint density at radius 2 is 1.19 bits per heavy atom. The number of rotatable bonds is 5. The van der Waals surface area contributed by atoms with Crippen molar-refractivity contribution in [3.8, 4) is 11.5 Å². The molecule has 0 aromatic heterocycles. The Morgan fingerprint density at radius 3 is 1.61 bits per heavy atom. The van der Waals surface area contributed by atoms with Gasteiger partial charge in [-0.05, 0) is 79.5 Å². The number of carbonyl (C=O) groups excluding carboxylic acids is 4. The van der Waals surface area contributed by atoms with Crippen LogP contribution in [0.1, 0.15) is 52.6 Å². The van der Waals surface area contributed by atoms with Crippen LogP contribution in [0.5, 0.6) is 11.5 Å². The van der Waals surface area contributed by atoms with E-state index < -0.39 is 11.6 Å². The quantitative estimate of drug-likeness (QED) is 0.564. The van der Waals surface area contributed by atoms with Crippen LogP contribution in [-0.4, -0.2) is 33.3 Å². The van der Waals surface area contributed by atoms with Crippen molar-refractivity contribution < 1.29 is 29.4 Å². The molecule has 0 saturated heterocycles. The summed E-state index contributed by atoms with van der Waals surface area (Å²) in [5.41, 5.74) is 2.29. The minimum Gasteiger partial charge on any atom is -0.507 e. The molecular weight excluding hydrogens is 396 g/mol. The van der Waals surface area contributed by atoms with E-state index in [0.717, 1.165) is 0 Å². The van der Waals surface area contributed by atoms with Gasteiger partial charge in [0.1, 0.15) is 11.5 Å². The van der Waals surface area contributed by atoms with E-state index in [-0.39, 0.29) is 39.8 Å². The summed E-state index contributed by atoms with van der Waals surface area (Å²) in [4.78, 5) is 47.9. The summed E-state index contributed by atoms with van der Waals surface area (Å²) >= 11 is 0. The maximum Gasteiger partial charge on any atom is 0.189 e. The summed E-state index contributed by atoms with van der Waals surface area (Å²) < 4.78 is 0. The first-order valence-corrected chi connectivity index (χ1v) is 9.48. The van der Waals surface area contributed by atoms with E-state index in [0.29, 0.717) is 22.3 Å². The zero-order chi connectivity index (χ0) is 22.9. The monoisotopic (exact) mass is 416 g/mol. The van der Waals surface area contributed by atoms with Gasteiger partial charge >= 0.3 is 0 Å². The molecule has 3 rings (SSSR count). The first-order chi connectivity index (χ1) is 14.6. The lowest BCUT2D eigenvalue weighted by atomic mass is 9.86. The van der Waals surface area contributed by atoms with Crippen molar-refractivity contribution in [2.24, 2.45) is 0 Å². The molecule has 1 aliphatic carbocycles. The number of ketones is 4. The van der Waals surface area contributed by atoms with Gasteiger partial charge in [0.15, 0.2) is 23.1 Å². The topological polar surface area (TPSA) is 109 Å².